The highest BCUT2D eigenvalue weighted by molar-refractivity contribution is 9.10. The lowest BCUT2D eigenvalue weighted by Crippen LogP contribution is -2.47. The van der Waals surface area contributed by atoms with Crippen molar-refractivity contribution >= 4 is 33.7 Å². The number of carbonyl (C=O) groups excluding carboxylic acids is 1. The molecule has 0 bridgehead atoms. The maximum Gasteiger partial charge on any atom is 0.303 e. The van der Waals surface area contributed by atoms with Crippen molar-refractivity contribution in [1.29, 1.82) is 0 Å². The lowest BCUT2D eigenvalue weighted by molar-refractivity contribution is -0.191. The van der Waals surface area contributed by atoms with Gasteiger partial charge in [-0.25, -0.2) is 9.67 Å². The van der Waals surface area contributed by atoms with Gasteiger partial charge in [0.25, 0.3) is 0 Å². The van der Waals surface area contributed by atoms with Gasteiger partial charge in [0.1, 0.15) is 19.4 Å². The Morgan fingerprint density at radius 2 is 2.04 bits per heavy atom. The van der Waals surface area contributed by atoms with Crippen LogP contribution in [0.15, 0.2) is 41.4 Å². The molecule has 1 saturated heterocycles. The zero-order chi connectivity index (χ0) is 18.6. The van der Waals surface area contributed by atoms with Crippen LogP contribution in [0.2, 0.25) is 0 Å². The van der Waals surface area contributed by atoms with Gasteiger partial charge in [-0.2, -0.15) is 5.10 Å². The largest absolute Gasteiger partial charge is 0.455 e. The van der Waals surface area contributed by atoms with E-state index in [1.165, 1.54) is 13.3 Å². The molecule has 0 amide bonds. The molecule has 1 aromatic heterocycles. The van der Waals surface area contributed by atoms with Crippen LogP contribution >= 0.6 is 15.9 Å². The van der Waals surface area contributed by atoms with E-state index >= 15 is 0 Å². The van der Waals surface area contributed by atoms with Crippen molar-refractivity contribution < 1.29 is 19.0 Å². The van der Waals surface area contributed by atoms with Gasteiger partial charge in [-0.3, -0.25) is 4.79 Å². The lowest BCUT2D eigenvalue weighted by atomic mass is 9.83. The van der Waals surface area contributed by atoms with E-state index in [0.29, 0.717) is 18.9 Å². The zero-order valence-corrected chi connectivity index (χ0v) is 16.2. The van der Waals surface area contributed by atoms with E-state index in [0.717, 1.165) is 10.0 Å². The number of carbonyl (C=O) groups is 1. The van der Waals surface area contributed by atoms with Gasteiger partial charge in [0.05, 0.1) is 24.3 Å². The highest BCUT2D eigenvalue weighted by Crippen LogP contribution is 2.35. The molecule has 138 valence electrons. The Bertz CT molecular complexity index is 768. The summed E-state index contributed by atoms with van der Waals surface area (Å²) in [5.41, 5.74) is 1.06. The Morgan fingerprint density at radius 1 is 1.35 bits per heavy atom. The number of benzene rings is 1. The number of ether oxygens (including phenoxy) is 3. The van der Waals surface area contributed by atoms with Gasteiger partial charge in [0.15, 0.2) is 6.10 Å². The average molecular weight is 422 g/mol. The number of nitrogens with zero attached hydrogens (tertiary/aromatic N) is 3. The number of esters is 1. The molecule has 0 aliphatic carbocycles. The minimum atomic E-state index is -0.620. The number of rotatable bonds is 5. The fourth-order valence-corrected chi connectivity index (χ4v) is 3.12. The van der Waals surface area contributed by atoms with Gasteiger partial charge in [-0.1, -0.05) is 35.0 Å². The van der Waals surface area contributed by atoms with Crippen LogP contribution in [0.4, 0.5) is 0 Å². The molecule has 0 N–H and O–H groups in total. The Balaban J connectivity index is 2.06. The number of aromatic nitrogens is 3. The summed E-state index contributed by atoms with van der Waals surface area (Å²) in [6.45, 7) is 4.39. The quantitative estimate of drug-likeness (QED) is 0.690. The van der Waals surface area contributed by atoms with Gasteiger partial charge in [-0.05, 0) is 23.8 Å². The van der Waals surface area contributed by atoms with Crippen LogP contribution in [0.1, 0.15) is 19.4 Å². The molecular weight excluding hydrogens is 402 g/mol. The van der Waals surface area contributed by atoms with Gasteiger partial charge < -0.3 is 14.2 Å². The van der Waals surface area contributed by atoms with Crippen LogP contribution in [0, 0.1) is 5.41 Å². The summed E-state index contributed by atoms with van der Waals surface area (Å²) >= 11 is 3.43. The van der Waals surface area contributed by atoms with E-state index in [1.807, 2.05) is 37.3 Å². The summed E-state index contributed by atoms with van der Waals surface area (Å²) in [5, 5.41) is 4.24. The average Bonchev–Trinajstić information content (AvgIpc) is 3.14. The summed E-state index contributed by atoms with van der Waals surface area (Å²) in [6.07, 6.45) is 4.32. The van der Waals surface area contributed by atoms with Crippen molar-refractivity contribution in [3.05, 3.63) is 47.0 Å². The second kappa shape index (κ2) is 8.11. The summed E-state index contributed by atoms with van der Waals surface area (Å²) < 4.78 is 19.3. The number of hydrogen-bond acceptors (Lipinski definition) is 6. The minimum Gasteiger partial charge on any atom is -0.455 e. The summed E-state index contributed by atoms with van der Waals surface area (Å²) in [6, 6.07) is 7.81. The van der Waals surface area contributed by atoms with Crippen molar-refractivity contribution in [2.24, 2.45) is 5.41 Å². The van der Waals surface area contributed by atoms with Crippen molar-refractivity contribution in [1.82, 2.24) is 14.8 Å². The summed E-state index contributed by atoms with van der Waals surface area (Å²) in [4.78, 5) is 15.9. The Hall–Kier alpha value is -2.03. The topological polar surface area (TPSA) is 75.5 Å². The maximum absolute atomic E-state index is 11.8. The first-order chi connectivity index (χ1) is 12.5. The molecule has 26 heavy (non-hydrogen) atoms. The van der Waals surface area contributed by atoms with Gasteiger partial charge in [-0.15, -0.1) is 0 Å². The summed E-state index contributed by atoms with van der Waals surface area (Å²) in [5.74, 6) is -0.386. The molecule has 7 nitrogen and oxygen atoms in total. The third kappa shape index (κ3) is 4.38. The highest BCUT2D eigenvalue weighted by Gasteiger charge is 2.43. The second-order valence-electron chi connectivity index (χ2n) is 6.42. The molecule has 2 aromatic rings. The van der Waals surface area contributed by atoms with Crippen LogP contribution in [-0.4, -0.2) is 46.8 Å². The molecule has 1 fully saturated rings. The van der Waals surface area contributed by atoms with E-state index in [4.69, 9.17) is 14.2 Å². The monoisotopic (exact) mass is 421 g/mol. The second-order valence-corrected chi connectivity index (χ2v) is 7.33. The van der Waals surface area contributed by atoms with Crippen LogP contribution < -0.4 is 0 Å². The standard InChI is InChI=1S/C18H20BrN3O4/c1-13(23)26-17(18(2)8-24-12-25-9-18)16(22-11-20-10-21-22)7-14-3-5-15(19)6-4-14/h3-7,10-11,17H,8-9,12H2,1-2H3. The van der Waals surface area contributed by atoms with Gasteiger partial charge >= 0.3 is 5.97 Å². The predicted molar refractivity (Wildman–Crippen MR) is 98.8 cm³/mol. The van der Waals surface area contributed by atoms with E-state index in [-0.39, 0.29) is 12.8 Å². The first-order valence-corrected chi connectivity index (χ1v) is 8.92. The van der Waals surface area contributed by atoms with Crippen molar-refractivity contribution in [2.45, 2.75) is 20.0 Å². The molecule has 0 radical (unpaired) electrons. The van der Waals surface area contributed by atoms with E-state index < -0.39 is 11.5 Å². The molecule has 1 aliphatic rings. The zero-order valence-electron chi connectivity index (χ0n) is 14.6. The van der Waals surface area contributed by atoms with Gasteiger partial charge in [0, 0.05) is 11.4 Å². The van der Waals surface area contributed by atoms with Gasteiger partial charge in [0.2, 0.25) is 0 Å². The molecule has 2 heterocycles. The van der Waals surface area contributed by atoms with Crippen molar-refractivity contribution in [2.75, 3.05) is 20.0 Å². The third-order valence-corrected chi connectivity index (χ3v) is 4.61. The van der Waals surface area contributed by atoms with E-state index in [2.05, 4.69) is 26.0 Å². The molecular formula is C18H20BrN3O4. The Kier molecular flexibility index (Phi) is 5.85. The van der Waals surface area contributed by atoms with E-state index in [1.54, 1.807) is 11.0 Å². The first kappa shape index (κ1) is 18.8. The molecule has 1 unspecified atom stereocenters. The first-order valence-electron chi connectivity index (χ1n) is 8.13. The Labute approximate surface area is 160 Å². The van der Waals surface area contributed by atoms with Crippen LogP contribution in [0.3, 0.4) is 0 Å². The van der Waals surface area contributed by atoms with Crippen LogP contribution in [0.5, 0.6) is 0 Å². The molecule has 8 heteroatoms. The summed E-state index contributed by atoms with van der Waals surface area (Å²) in [7, 11) is 0. The van der Waals surface area contributed by atoms with Crippen LogP contribution in [-0.2, 0) is 19.0 Å². The maximum atomic E-state index is 11.8. The Morgan fingerprint density at radius 3 is 2.62 bits per heavy atom. The molecule has 3 rings (SSSR count). The normalized spacial score (nSPS) is 18.3. The predicted octanol–water partition coefficient (Wildman–Crippen LogP) is 2.98. The molecule has 0 spiro atoms. The van der Waals surface area contributed by atoms with Crippen molar-refractivity contribution in [3.8, 4) is 0 Å². The van der Waals surface area contributed by atoms with Crippen LogP contribution in [0.25, 0.3) is 11.8 Å². The molecule has 0 saturated carbocycles. The smallest absolute Gasteiger partial charge is 0.303 e. The number of hydrogen-bond donors (Lipinski definition) is 0. The minimum absolute atomic E-state index is 0.234. The molecule has 1 atom stereocenters. The SMILES string of the molecule is CC(=O)OC(C(=Cc1ccc(Br)cc1)n1cncn1)C1(C)COCOC1. The highest BCUT2D eigenvalue weighted by atomic mass is 79.9. The van der Waals surface area contributed by atoms with E-state index in [9.17, 15) is 4.79 Å². The molecule has 1 aliphatic heterocycles. The lowest BCUT2D eigenvalue weighted by Gasteiger charge is -2.39. The number of halogens is 1. The third-order valence-electron chi connectivity index (χ3n) is 4.08. The molecule has 1 aromatic carbocycles. The fourth-order valence-electron chi connectivity index (χ4n) is 2.86. The fraction of sp³-hybridized carbons (Fsp3) is 0.389. The van der Waals surface area contributed by atoms with Crippen molar-refractivity contribution in [3.63, 3.8) is 0 Å².